The molecule has 0 spiro atoms. The average molecular weight is 310 g/mol. The maximum absolute atomic E-state index is 5.39. The Bertz CT molecular complexity index is 592. The minimum absolute atomic E-state index is 0.879. The first kappa shape index (κ1) is 16.8. The zero-order valence-corrected chi connectivity index (χ0v) is 14.7. The maximum Gasteiger partial charge on any atom is 0.341 e. The van der Waals surface area contributed by atoms with E-state index in [9.17, 15) is 0 Å². The van der Waals surface area contributed by atoms with Crippen molar-refractivity contribution in [3.63, 3.8) is 0 Å². The molecule has 0 heterocycles. The van der Waals surface area contributed by atoms with Crippen molar-refractivity contribution in [2.45, 2.75) is 52.4 Å². The summed E-state index contributed by atoms with van der Waals surface area (Å²) in [6, 6.07) is 14.9. The van der Waals surface area contributed by atoms with Crippen LogP contribution in [0.2, 0.25) is 0 Å². The Kier molecular flexibility index (Phi) is 6.72. The van der Waals surface area contributed by atoms with Gasteiger partial charge in [0.15, 0.2) is 0 Å². The minimum Gasteiger partial charge on any atom is -0.540 e. The van der Waals surface area contributed by atoms with Gasteiger partial charge in [0.2, 0.25) is 0 Å². The molecule has 0 aliphatic rings. The second kappa shape index (κ2) is 8.79. The molecule has 0 unspecified atom stereocenters. The summed E-state index contributed by atoms with van der Waals surface area (Å²) in [5.41, 5.74) is 5.48. The molecule has 0 saturated heterocycles. The molecule has 0 bridgehead atoms. The van der Waals surface area contributed by atoms with Gasteiger partial charge in [0, 0.05) is 5.56 Å². The highest BCUT2D eigenvalue weighted by atomic mass is 28.2. The normalized spacial score (nSPS) is 10.7. The largest absolute Gasteiger partial charge is 0.540 e. The summed E-state index contributed by atoms with van der Waals surface area (Å²) in [5.74, 6) is 0.879. The van der Waals surface area contributed by atoms with E-state index in [1.165, 1.54) is 54.4 Å². The van der Waals surface area contributed by atoms with Gasteiger partial charge >= 0.3 is 10.5 Å². The topological polar surface area (TPSA) is 9.23 Å². The summed E-state index contributed by atoms with van der Waals surface area (Å²) in [6.07, 6.45) is 7.24. The van der Waals surface area contributed by atoms with E-state index in [1.54, 1.807) is 0 Å². The first-order valence-corrected chi connectivity index (χ1v) is 8.76. The maximum atomic E-state index is 5.39. The molecule has 0 aliphatic heterocycles. The van der Waals surface area contributed by atoms with Crippen LogP contribution in [0.15, 0.2) is 42.5 Å². The lowest BCUT2D eigenvalue weighted by molar-refractivity contribution is 0.618. The lowest BCUT2D eigenvalue weighted by Gasteiger charge is -2.17. The van der Waals surface area contributed by atoms with Crippen molar-refractivity contribution in [2.75, 3.05) is 0 Å². The van der Waals surface area contributed by atoms with E-state index in [2.05, 4.69) is 54.7 Å². The lowest BCUT2D eigenvalue weighted by Crippen LogP contribution is -1.99. The van der Waals surface area contributed by atoms with Gasteiger partial charge < -0.3 is 4.43 Å². The molecule has 0 atom stereocenters. The van der Waals surface area contributed by atoms with Crippen molar-refractivity contribution in [1.29, 1.82) is 0 Å². The van der Waals surface area contributed by atoms with Gasteiger partial charge in [-0.15, -0.1) is 0 Å². The fraction of sp³-hybridized carbons (Fsp3) is 0.400. The molecule has 2 heteroatoms. The second-order valence-corrected chi connectivity index (χ2v) is 5.95. The number of hydrogen-bond acceptors (Lipinski definition) is 1. The van der Waals surface area contributed by atoms with Crippen LogP contribution in [0.3, 0.4) is 0 Å². The summed E-state index contributed by atoms with van der Waals surface area (Å²) in [6.45, 7) is 4.51. The molecular weight excluding hydrogens is 284 g/mol. The zero-order chi connectivity index (χ0) is 15.8. The standard InChI is InChI=1S/C20H25OSi/c1-3-5-10-16-11-9-14-18(17(16)12-6-4-2)19-13-7-8-15-20(19)21-22/h7-9,11,13-15H,3-6,10,12H2,1-2H3. The Balaban J connectivity index is 2.48. The SMILES string of the molecule is CCCCc1cccc(-c2ccccc2O[Si])c1CCCC. The smallest absolute Gasteiger partial charge is 0.341 e. The third-order valence-corrected chi connectivity index (χ3v) is 4.36. The number of benzene rings is 2. The molecule has 0 aliphatic carbocycles. The van der Waals surface area contributed by atoms with Crippen LogP contribution in [-0.4, -0.2) is 10.5 Å². The summed E-state index contributed by atoms with van der Waals surface area (Å²) in [7, 11) is 3.19. The third-order valence-electron chi connectivity index (χ3n) is 4.14. The van der Waals surface area contributed by atoms with Crippen LogP contribution >= 0.6 is 0 Å². The Morgan fingerprint density at radius 1 is 0.818 bits per heavy atom. The number of aryl methyl sites for hydroxylation is 1. The van der Waals surface area contributed by atoms with Crippen LogP contribution in [-0.2, 0) is 12.8 Å². The third kappa shape index (κ3) is 4.01. The van der Waals surface area contributed by atoms with E-state index in [0.717, 1.165) is 12.2 Å². The van der Waals surface area contributed by atoms with E-state index in [1.807, 2.05) is 12.1 Å². The van der Waals surface area contributed by atoms with Crippen LogP contribution in [0.4, 0.5) is 0 Å². The molecule has 0 aromatic heterocycles. The van der Waals surface area contributed by atoms with Crippen LogP contribution in [0.1, 0.15) is 50.7 Å². The molecule has 2 aromatic rings. The van der Waals surface area contributed by atoms with Gasteiger partial charge in [-0.3, -0.25) is 0 Å². The average Bonchev–Trinajstić information content (AvgIpc) is 2.58. The fourth-order valence-electron chi connectivity index (χ4n) is 2.92. The highest BCUT2D eigenvalue weighted by molar-refractivity contribution is 6.00. The monoisotopic (exact) mass is 309 g/mol. The predicted molar refractivity (Wildman–Crippen MR) is 95.5 cm³/mol. The van der Waals surface area contributed by atoms with Gasteiger partial charge in [0.25, 0.3) is 0 Å². The van der Waals surface area contributed by atoms with Crippen LogP contribution < -0.4 is 4.43 Å². The number of unbranched alkanes of at least 4 members (excludes halogenated alkanes) is 2. The molecular formula is C20H25OSi. The molecule has 0 N–H and O–H groups in total. The van der Waals surface area contributed by atoms with Gasteiger partial charge in [-0.1, -0.05) is 63.1 Å². The van der Waals surface area contributed by atoms with Gasteiger partial charge in [0.05, 0.1) is 0 Å². The van der Waals surface area contributed by atoms with E-state index in [4.69, 9.17) is 4.43 Å². The molecule has 3 radical (unpaired) electrons. The lowest BCUT2D eigenvalue weighted by atomic mass is 9.89. The van der Waals surface area contributed by atoms with Crippen LogP contribution in [0.5, 0.6) is 5.75 Å². The van der Waals surface area contributed by atoms with Gasteiger partial charge in [-0.2, -0.15) is 0 Å². The Morgan fingerprint density at radius 3 is 2.23 bits per heavy atom. The number of hydrogen-bond donors (Lipinski definition) is 0. The Morgan fingerprint density at radius 2 is 1.50 bits per heavy atom. The molecule has 2 rings (SSSR count). The van der Waals surface area contributed by atoms with E-state index >= 15 is 0 Å². The quantitative estimate of drug-likeness (QED) is 0.585. The molecule has 1 nitrogen and oxygen atoms in total. The van der Waals surface area contributed by atoms with Crippen molar-refractivity contribution in [3.05, 3.63) is 53.6 Å². The highest BCUT2D eigenvalue weighted by Crippen LogP contribution is 2.34. The molecule has 22 heavy (non-hydrogen) atoms. The molecule has 0 saturated carbocycles. The fourth-order valence-corrected chi connectivity index (χ4v) is 3.09. The van der Waals surface area contributed by atoms with E-state index < -0.39 is 0 Å². The summed E-state index contributed by atoms with van der Waals surface area (Å²) in [5, 5.41) is 0. The van der Waals surface area contributed by atoms with Gasteiger partial charge in [0.1, 0.15) is 5.75 Å². The minimum atomic E-state index is 0.879. The first-order chi connectivity index (χ1) is 10.8. The van der Waals surface area contributed by atoms with E-state index in [0.29, 0.717) is 0 Å². The van der Waals surface area contributed by atoms with Crippen LogP contribution in [0.25, 0.3) is 11.1 Å². The zero-order valence-electron chi connectivity index (χ0n) is 13.7. The molecule has 0 fully saturated rings. The van der Waals surface area contributed by atoms with Crippen molar-refractivity contribution < 1.29 is 4.43 Å². The Labute approximate surface area is 138 Å². The predicted octanol–water partition coefficient (Wildman–Crippen LogP) is 5.50. The summed E-state index contributed by atoms with van der Waals surface area (Å²) < 4.78 is 5.39. The van der Waals surface area contributed by atoms with Gasteiger partial charge in [-0.05, 0) is 48.4 Å². The van der Waals surface area contributed by atoms with Crippen molar-refractivity contribution >= 4 is 10.5 Å². The summed E-state index contributed by atoms with van der Waals surface area (Å²) in [4.78, 5) is 0. The summed E-state index contributed by atoms with van der Waals surface area (Å²) >= 11 is 0. The van der Waals surface area contributed by atoms with Gasteiger partial charge in [-0.25, -0.2) is 0 Å². The first-order valence-electron chi connectivity index (χ1n) is 8.35. The highest BCUT2D eigenvalue weighted by Gasteiger charge is 2.12. The van der Waals surface area contributed by atoms with Crippen molar-refractivity contribution in [2.24, 2.45) is 0 Å². The van der Waals surface area contributed by atoms with E-state index in [-0.39, 0.29) is 0 Å². The second-order valence-electron chi connectivity index (χ2n) is 5.75. The van der Waals surface area contributed by atoms with Crippen molar-refractivity contribution in [1.82, 2.24) is 0 Å². The number of rotatable bonds is 8. The molecule has 2 aromatic carbocycles. The molecule has 0 amide bonds. The van der Waals surface area contributed by atoms with Crippen LogP contribution in [0, 0.1) is 0 Å². The van der Waals surface area contributed by atoms with Crippen molar-refractivity contribution in [3.8, 4) is 16.9 Å². The molecule has 115 valence electrons. The number of para-hydroxylation sites is 1. The Hall–Kier alpha value is -1.54.